The summed E-state index contributed by atoms with van der Waals surface area (Å²) in [6.07, 6.45) is -3.94. The van der Waals surface area contributed by atoms with Crippen molar-refractivity contribution >= 4 is 38.7 Å². The lowest BCUT2D eigenvalue weighted by Gasteiger charge is -2.28. The molecule has 0 aliphatic carbocycles. The van der Waals surface area contributed by atoms with Gasteiger partial charge in [0.2, 0.25) is 0 Å². The van der Waals surface area contributed by atoms with Crippen molar-refractivity contribution in [3.05, 3.63) is 48.2 Å². The zero-order chi connectivity index (χ0) is 18.6. The van der Waals surface area contributed by atoms with Crippen LogP contribution in [0.3, 0.4) is 0 Å². The summed E-state index contributed by atoms with van der Waals surface area (Å²) in [5.74, 6) is 0.552. The number of nitrogens with zero attached hydrogens (tertiary/aromatic N) is 5. The molecule has 0 N–H and O–H groups in total. The summed E-state index contributed by atoms with van der Waals surface area (Å²) in [4.78, 5) is 23.2. The van der Waals surface area contributed by atoms with Crippen LogP contribution in [-0.4, -0.2) is 26.1 Å². The van der Waals surface area contributed by atoms with Crippen molar-refractivity contribution in [2.75, 3.05) is 11.4 Å². The van der Waals surface area contributed by atoms with E-state index < -0.39 is 17.4 Å². The highest BCUT2D eigenvalue weighted by Gasteiger charge is 2.34. The van der Waals surface area contributed by atoms with E-state index in [4.69, 9.17) is 0 Å². The molecule has 0 aromatic carbocycles. The first-order chi connectivity index (χ1) is 12.2. The molecule has 0 spiro atoms. The fourth-order valence-corrected chi connectivity index (χ4v) is 4.57. The van der Waals surface area contributed by atoms with Crippen molar-refractivity contribution in [2.45, 2.75) is 26.1 Å². The third-order valence-electron chi connectivity index (χ3n) is 4.11. The Kier molecular flexibility index (Phi) is 4.03. The molecule has 0 atom stereocenters. The van der Waals surface area contributed by atoms with Crippen LogP contribution in [0, 0.1) is 6.92 Å². The summed E-state index contributed by atoms with van der Waals surface area (Å²) in [6, 6.07) is 1.92. The summed E-state index contributed by atoms with van der Waals surface area (Å²) in [5.41, 5.74) is -0.506. The number of anilines is 1. The molecule has 0 saturated carbocycles. The molecule has 3 aromatic heterocycles. The Morgan fingerprint density at radius 1 is 1.27 bits per heavy atom. The summed E-state index contributed by atoms with van der Waals surface area (Å²) in [7, 11) is 0. The van der Waals surface area contributed by atoms with Crippen molar-refractivity contribution in [3.63, 3.8) is 0 Å². The van der Waals surface area contributed by atoms with Gasteiger partial charge in [0.05, 0.1) is 12.2 Å². The Morgan fingerprint density at radius 3 is 2.77 bits per heavy atom. The molecule has 1 aliphatic rings. The quantitative estimate of drug-likeness (QED) is 0.575. The maximum absolute atomic E-state index is 12.9. The van der Waals surface area contributed by atoms with E-state index in [2.05, 4.69) is 31.0 Å². The minimum atomic E-state index is -4.68. The lowest BCUT2D eigenvalue weighted by Crippen LogP contribution is -2.32. The molecule has 4 heterocycles. The van der Waals surface area contributed by atoms with Gasteiger partial charge in [0.25, 0.3) is 5.56 Å². The Morgan fingerprint density at radius 2 is 2.04 bits per heavy atom. The molecule has 0 amide bonds. The van der Waals surface area contributed by atoms with Gasteiger partial charge in [-0.05, 0) is 34.5 Å². The maximum Gasteiger partial charge on any atom is 0.433 e. The Labute approximate surface area is 157 Å². The van der Waals surface area contributed by atoms with Gasteiger partial charge in [-0.2, -0.15) is 17.7 Å². The molecular weight excluding hydrogens is 435 g/mol. The van der Waals surface area contributed by atoms with E-state index in [0.29, 0.717) is 30.5 Å². The van der Waals surface area contributed by atoms with E-state index in [-0.39, 0.29) is 5.65 Å². The van der Waals surface area contributed by atoms with Gasteiger partial charge in [-0.15, -0.1) is 16.4 Å². The van der Waals surface area contributed by atoms with Crippen LogP contribution in [0.4, 0.5) is 19.0 Å². The van der Waals surface area contributed by atoms with Gasteiger partial charge in [-0.3, -0.25) is 4.79 Å². The first-order valence-electron chi connectivity index (χ1n) is 7.60. The second-order valence-electron chi connectivity index (χ2n) is 5.91. The maximum atomic E-state index is 12.9. The van der Waals surface area contributed by atoms with Gasteiger partial charge in [0.15, 0.2) is 21.1 Å². The minimum Gasteiger partial charge on any atom is -0.349 e. The second-order valence-corrected chi connectivity index (χ2v) is 8.27. The van der Waals surface area contributed by atoms with Crippen LogP contribution in [0.25, 0.3) is 5.65 Å². The molecule has 11 heteroatoms. The normalized spacial score (nSPS) is 14.7. The standard InChI is InChI=1S/C15H11BrF3N5OS/c1-7-4-11-21-10(15(17,18)19)5-12(25)24(11)22-13(7)23-3-2-8-9(6-23)26-14(16)20-8/h4-5H,2-3,6H2,1H3. The molecule has 136 valence electrons. The Bertz CT molecular complexity index is 1080. The minimum absolute atomic E-state index is 0.121. The van der Waals surface area contributed by atoms with Crippen molar-refractivity contribution in [3.8, 4) is 0 Å². The number of rotatable bonds is 1. The zero-order valence-corrected chi connectivity index (χ0v) is 15.7. The molecule has 4 rings (SSSR count). The third-order valence-corrected chi connectivity index (χ3v) is 5.64. The molecule has 1 aliphatic heterocycles. The van der Waals surface area contributed by atoms with E-state index in [1.807, 2.05) is 4.90 Å². The van der Waals surface area contributed by atoms with Gasteiger partial charge in [0, 0.05) is 23.9 Å². The van der Waals surface area contributed by atoms with Crippen molar-refractivity contribution in [1.82, 2.24) is 19.6 Å². The van der Waals surface area contributed by atoms with Crippen LogP contribution in [0.15, 0.2) is 20.8 Å². The second kappa shape index (κ2) is 6.02. The van der Waals surface area contributed by atoms with Crippen LogP contribution in [-0.2, 0) is 19.1 Å². The average Bonchev–Trinajstić information content (AvgIpc) is 2.92. The van der Waals surface area contributed by atoms with Crippen LogP contribution in [0.2, 0.25) is 0 Å². The predicted octanol–water partition coefficient (Wildman–Crippen LogP) is 3.20. The zero-order valence-electron chi connectivity index (χ0n) is 13.3. The van der Waals surface area contributed by atoms with Gasteiger partial charge in [0.1, 0.15) is 0 Å². The summed E-state index contributed by atoms with van der Waals surface area (Å²) in [6.45, 7) is 2.99. The van der Waals surface area contributed by atoms with Crippen LogP contribution in [0.5, 0.6) is 0 Å². The van der Waals surface area contributed by atoms with E-state index in [9.17, 15) is 18.0 Å². The van der Waals surface area contributed by atoms with E-state index in [0.717, 1.165) is 25.4 Å². The van der Waals surface area contributed by atoms with Crippen molar-refractivity contribution < 1.29 is 13.2 Å². The first kappa shape index (κ1) is 17.4. The van der Waals surface area contributed by atoms with Gasteiger partial charge < -0.3 is 4.90 Å². The number of thiazole rings is 1. The highest BCUT2D eigenvalue weighted by molar-refractivity contribution is 9.11. The van der Waals surface area contributed by atoms with Crippen LogP contribution >= 0.6 is 27.3 Å². The van der Waals surface area contributed by atoms with Gasteiger partial charge in [-0.25, -0.2) is 9.97 Å². The van der Waals surface area contributed by atoms with Crippen LogP contribution in [0.1, 0.15) is 21.8 Å². The van der Waals surface area contributed by atoms with E-state index in [1.54, 1.807) is 6.92 Å². The molecule has 6 nitrogen and oxygen atoms in total. The predicted molar refractivity (Wildman–Crippen MR) is 93.6 cm³/mol. The lowest BCUT2D eigenvalue weighted by molar-refractivity contribution is -0.141. The summed E-state index contributed by atoms with van der Waals surface area (Å²) < 4.78 is 40.3. The molecule has 0 saturated heterocycles. The highest BCUT2D eigenvalue weighted by Crippen LogP contribution is 2.31. The van der Waals surface area contributed by atoms with Gasteiger partial charge >= 0.3 is 6.18 Å². The smallest absolute Gasteiger partial charge is 0.349 e. The largest absolute Gasteiger partial charge is 0.433 e. The molecule has 26 heavy (non-hydrogen) atoms. The SMILES string of the molecule is Cc1cc2nc(C(F)(F)F)cc(=O)n2nc1N1CCc2nc(Br)sc2C1. The summed E-state index contributed by atoms with van der Waals surface area (Å²) in [5, 5.41) is 4.27. The third kappa shape index (κ3) is 2.98. The molecule has 0 radical (unpaired) electrons. The number of halogens is 4. The number of aromatic nitrogens is 4. The molecule has 3 aromatic rings. The first-order valence-corrected chi connectivity index (χ1v) is 9.21. The fourth-order valence-electron chi connectivity index (χ4n) is 2.92. The molecular formula is C15H11BrF3N5OS. The molecule has 0 bridgehead atoms. The lowest BCUT2D eigenvalue weighted by atomic mass is 10.1. The van der Waals surface area contributed by atoms with E-state index >= 15 is 0 Å². The molecule has 0 unspecified atom stereocenters. The summed E-state index contributed by atoms with van der Waals surface area (Å²) >= 11 is 4.91. The molecule has 0 fully saturated rings. The average molecular weight is 446 g/mol. The van der Waals surface area contributed by atoms with Gasteiger partial charge in [-0.1, -0.05) is 0 Å². The topological polar surface area (TPSA) is 63.4 Å². The number of hydrogen-bond donors (Lipinski definition) is 0. The monoisotopic (exact) mass is 445 g/mol. The number of alkyl halides is 3. The Balaban J connectivity index is 1.79. The van der Waals surface area contributed by atoms with E-state index in [1.165, 1.54) is 17.4 Å². The Hall–Kier alpha value is -2.01. The van der Waals surface area contributed by atoms with Crippen molar-refractivity contribution in [1.29, 1.82) is 0 Å². The fraction of sp³-hybridized carbons (Fsp3) is 0.333. The number of fused-ring (bicyclic) bond motifs is 2. The number of aryl methyl sites for hydroxylation is 1. The highest BCUT2D eigenvalue weighted by atomic mass is 79.9. The number of hydrogen-bond acceptors (Lipinski definition) is 6. The van der Waals surface area contributed by atoms with Crippen molar-refractivity contribution in [2.24, 2.45) is 0 Å². The van der Waals surface area contributed by atoms with Crippen LogP contribution < -0.4 is 10.5 Å².